The minimum absolute atomic E-state index is 0.0411. The van der Waals surface area contributed by atoms with Gasteiger partial charge in [0.15, 0.2) is 17.3 Å². The average Bonchev–Trinajstić information content (AvgIpc) is 3.10. The molecule has 0 amide bonds. The molecule has 0 radical (unpaired) electrons. The van der Waals surface area contributed by atoms with E-state index < -0.39 is 18.0 Å². The number of benzene rings is 1. The van der Waals surface area contributed by atoms with Crippen LogP contribution in [-0.2, 0) is 11.0 Å². The predicted molar refractivity (Wildman–Crippen MR) is 92.2 cm³/mol. The van der Waals surface area contributed by atoms with Crippen LogP contribution in [0.15, 0.2) is 29.5 Å². The molecular formula is C18H17F3N4O3. The van der Waals surface area contributed by atoms with Crippen molar-refractivity contribution in [3.8, 4) is 11.5 Å². The highest BCUT2D eigenvalue weighted by atomic mass is 19.4. The van der Waals surface area contributed by atoms with Crippen molar-refractivity contribution in [1.82, 2.24) is 14.8 Å². The van der Waals surface area contributed by atoms with E-state index in [2.05, 4.69) is 15.4 Å². The number of ether oxygens (including phenoxy) is 2. The van der Waals surface area contributed by atoms with Gasteiger partial charge in [-0.15, -0.1) is 5.10 Å². The number of allylic oxidation sites excluding steroid dienone is 2. The van der Waals surface area contributed by atoms with Crippen molar-refractivity contribution in [1.29, 1.82) is 0 Å². The van der Waals surface area contributed by atoms with Crippen molar-refractivity contribution in [2.45, 2.75) is 31.5 Å². The zero-order chi connectivity index (χ0) is 20.1. The summed E-state index contributed by atoms with van der Waals surface area (Å²) in [6.45, 7) is 0. The Hall–Kier alpha value is -3.04. The molecule has 1 aliphatic carbocycles. The molecule has 1 atom stereocenters. The van der Waals surface area contributed by atoms with E-state index in [4.69, 9.17) is 9.47 Å². The molecule has 10 heteroatoms. The van der Waals surface area contributed by atoms with E-state index in [1.54, 1.807) is 18.2 Å². The smallest absolute Gasteiger partial charge is 0.453 e. The van der Waals surface area contributed by atoms with Gasteiger partial charge in [0.1, 0.15) is 6.04 Å². The zero-order valence-corrected chi connectivity index (χ0v) is 15.1. The van der Waals surface area contributed by atoms with Crippen LogP contribution in [0.25, 0.3) is 0 Å². The predicted octanol–water partition coefficient (Wildman–Crippen LogP) is 3.34. The summed E-state index contributed by atoms with van der Waals surface area (Å²) in [4.78, 5) is 16.3. The van der Waals surface area contributed by atoms with Crippen LogP contribution in [0.3, 0.4) is 0 Å². The molecule has 2 aliphatic rings. The molecular weight excluding hydrogens is 377 g/mol. The molecule has 28 heavy (non-hydrogen) atoms. The van der Waals surface area contributed by atoms with Crippen LogP contribution in [0.1, 0.15) is 36.7 Å². The Bertz CT molecular complexity index is 981. The Morgan fingerprint density at radius 3 is 2.61 bits per heavy atom. The van der Waals surface area contributed by atoms with Gasteiger partial charge in [-0.2, -0.15) is 18.2 Å². The van der Waals surface area contributed by atoms with Crippen LogP contribution < -0.4 is 14.8 Å². The molecule has 1 aliphatic heterocycles. The molecule has 0 fully saturated rings. The third-order valence-corrected chi connectivity index (χ3v) is 4.84. The third-order valence-electron chi connectivity index (χ3n) is 4.84. The van der Waals surface area contributed by atoms with Crippen LogP contribution in [0.4, 0.5) is 19.1 Å². The van der Waals surface area contributed by atoms with E-state index in [-0.39, 0.29) is 11.7 Å². The second-order valence-corrected chi connectivity index (χ2v) is 6.51. The number of fused-ring (bicyclic) bond motifs is 1. The molecule has 0 spiro atoms. The maximum absolute atomic E-state index is 13.2. The fraction of sp³-hybridized carbons (Fsp3) is 0.389. The topological polar surface area (TPSA) is 78.3 Å². The molecule has 0 saturated carbocycles. The van der Waals surface area contributed by atoms with Gasteiger partial charge in [0.25, 0.3) is 5.82 Å². The number of rotatable bonds is 3. The van der Waals surface area contributed by atoms with Crippen LogP contribution in [-0.4, -0.2) is 34.8 Å². The first-order valence-corrected chi connectivity index (χ1v) is 8.62. The Morgan fingerprint density at radius 2 is 1.93 bits per heavy atom. The third kappa shape index (κ3) is 2.88. The van der Waals surface area contributed by atoms with E-state index >= 15 is 0 Å². The summed E-state index contributed by atoms with van der Waals surface area (Å²) in [5.74, 6) is -0.544. The lowest BCUT2D eigenvalue weighted by molar-refractivity contribution is -0.145. The first-order valence-electron chi connectivity index (χ1n) is 8.62. The van der Waals surface area contributed by atoms with E-state index in [1.165, 1.54) is 14.2 Å². The van der Waals surface area contributed by atoms with Crippen LogP contribution in [0.5, 0.6) is 11.5 Å². The largest absolute Gasteiger partial charge is 0.493 e. The fourth-order valence-electron chi connectivity index (χ4n) is 3.61. The number of nitrogens with one attached hydrogen (secondary N) is 1. The van der Waals surface area contributed by atoms with Crippen molar-refractivity contribution >= 4 is 11.7 Å². The number of halogens is 3. The number of carbonyl (C=O) groups excluding carboxylic acids is 1. The highest BCUT2D eigenvalue weighted by Gasteiger charge is 2.42. The monoisotopic (exact) mass is 394 g/mol. The van der Waals surface area contributed by atoms with Gasteiger partial charge in [-0.1, -0.05) is 6.07 Å². The minimum atomic E-state index is -4.70. The highest BCUT2D eigenvalue weighted by molar-refractivity contribution is 5.99. The van der Waals surface area contributed by atoms with Gasteiger partial charge in [-0.3, -0.25) is 4.79 Å². The fourth-order valence-corrected chi connectivity index (χ4v) is 3.61. The number of aromatic nitrogens is 3. The Kier molecular flexibility index (Phi) is 4.28. The Labute approximate surface area is 158 Å². The molecule has 0 unspecified atom stereocenters. The lowest BCUT2D eigenvalue weighted by Crippen LogP contribution is -2.31. The molecule has 4 rings (SSSR count). The van der Waals surface area contributed by atoms with Crippen molar-refractivity contribution in [3.05, 3.63) is 40.9 Å². The molecule has 1 N–H and O–H groups in total. The molecule has 1 aromatic carbocycles. The van der Waals surface area contributed by atoms with Crippen molar-refractivity contribution in [2.75, 3.05) is 19.5 Å². The first kappa shape index (κ1) is 18.3. The molecule has 148 valence electrons. The second kappa shape index (κ2) is 6.54. The molecule has 2 aromatic rings. The average molecular weight is 394 g/mol. The molecule has 0 bridgehead atoms. The molecule has 2 heterocycles. The van der Waals surface area contributed by atoms with Gasteiger partial charge in [0.05, 0.1) is 14.2 Å². The minimum Gasteiger partial charge on any atom is -0.493 e. The molecule has 1 aromatic heterocycles. The van der Waals surface area contributed by atoms with Gasteiger partial charge in [-0.25, -0.2) is 4.68 Å². The van der Waals surface area contributed by atoms with Gasteiger partial charge in [0.2, 0.25) is 5.95 Å². The summed E-state index contributed by atoms with van der Waals surface area (Å²) in [6, 6.07) is 4.13. The van der Waals surface area contributed by atoms with E-state index in [0.29, 0.717) is 47.6 Å². The number of nitrogens with zero attached hydrogens (tertiary/aromatic N) is 3. The van der Waals surface area contributed by atoms with Crippen molar-refractivity contribution in [2.24, 2.45) is 0 Å². The summed E-state index contributed by atoms with van der Waals surface area (Å²) in [5.41, 5.74) is 1.55. The normalized spacial score (nSPS) is 19.0. The quantitative estimate of drug-likeness (QED) is 0.861. The Morgan fingerprint density at radius 1 is 1.18 bits per heavy atom. The van der Waals surface area contributed by atoms with E-state index in [1.807, 2.05) is 0 Å². The number of ketones is 1. The lowest BCUT2D eigenvalue weighted by Gasteiger charge is -2.32. The number of hydrogen-bond donors (Lipinski definition) is 1. The van der Waals surface area contributed by atoms with Gasteiger partial charge in [0, 0.05) is 17.7 Å². The SMILES string of the molecule is COc1ccc([C@H]2C3=C(CCCC3=O)Nc3nc(C(F)(F)F)nn32)cc1OC. The van der Waals surface area contributed by atoms with Gasteiger partial charge >= 0.3 is 6.18 Å². The maximum Gasteiger partial charge on any atom is 0.453 e. The standard InChI is InChI=1S/C18H17F3N4O3/c1-27-12-7-6-9(8-13(12)28-2)15-14-10(4-3-5-11(14)26)22-17-23-16(18(19,20)21)24-25(15)17/h6-8,15H,3-5H2,1-2H3,(H,22,23,24)/t15-/m0/s1. The number of anilines is 1. The van der Waals surface area contributed by atoms with Crippen molar-refractivity contribution in [3.63, 3.8) is 0 Å². The summed E-state index contributed by atoms with van der Waals surface area (Å²) >= 11 is 0. The highest BCUT2D eigenvalue weighted by Crippen LogP contribution is 2.43. The second-order valence-electron chi connectivity index (χ2n) is 6.51. The van der Waals surface area contributed by atoms with E-state index in [9.17, 15) is 18.0 Å². The number of alkyl halides is 3. The number of hydrogen-bond acceptors (Lipinski definition) is 6. The van der Waals surface area contributed by atoms with Gasteiger partial charge < -0.3 is 14.8 Å². The van der Waals surface area contributed by atoms with Gasteiger partial charge in [-0.05, 0) is 30.5 Å². The molecule has 0 saturated heterocycles. The number of carbonyl (C=O) groups is 1. The van der Waals surface area contributed by atoms with Crippen LogP contribution in [0, 0.1) is 0 Å². The van der Waals surface area contributed by atoms with Crippen LogP contribution in [0.2, 0.25) is 0 Å². The number of Topliss-reactive ketones (excluding diaryl/α,β-unsaturated/α-hetero) is 1. The Balaban J connectivity index is 1.91. The summed E-state index contributed by atoms with van der Waals surface area (Å²) in [5, 5.41) is 6.53. The van der Waals surface area contributed by atoms with Crippen molar-refractivity contribution < 1.29 is 27.4 Å². The molecule has 7 nitrogen and oxygen atoms in total. The zero-order valence-electron chi connectivity index (χ0n) is 15.1. The summed E-state index contributed by atoms with van der Waals surface area (Å²) < 4.78 is 51.2. The van der Waals surface area contributed by atoms with E-state index in [0.717, 1.165) is 4.68 Å². The summed E-state index contributed by atoms with van der Waals surface area (Å²) in [6.07, 6.45) is -3.18. The first-order chi connectivity index (χ1) is 13.3. The summed E-state index contributed by atoms with van der Waals surface area (Å²) in [7, 11) is 2.95. The number of methoxy groups -OCH3 is 2. The maximum atomic E-state index is 13.2. The lowest BCUT2D eigenvalue weighted by atomic mass is 9.85. The van der Waals surface area contributed by atoms with Crippen LogP contribution >= 0.6 is 0 Å².